The lowest BCUT2D eigenvalue weighted by atomic mass is 10.1. The van der Waals surface area contributed by atoms with Crippen molar-refractivity contribution < 1.29 is 26.0 Å². The minimum atomic E-state index is -4.69. The van der Waals surface area contributed by atoms with E-state index in [9.17, 15) is 26.4 Å². The van der Waals surface area contributed by atoms with Gasteiger partial charge in [0.1, 0.15) is 0 Å². The van der Waals surface area contributed by atoms with E-state index in [1.165, 1.54) is 18.2 Å². The third-order valence-electron chi connectivity index (χ3n) is 4.66. The van der Waals surface area contributed by atoms with Crippen molar-refractivity contribution in [1.29, 1.82) is 0 Å². The molecule has 0 amide bonds. The van der Waals surface area contributed by atoms with Gasteiger partial charge in [0.05, 0.1) is 32.6 Å². The van der Waals surface area contributed by atoms with Gasteiger partial charge in [-0.1, -0.05) is 29.8 Å². The van der Waals surface area contributed by atoms with Crippen LogP contribution >= 0.6 is 0 Å². The number of nitrogens with one attached hydrogen (secondary N) is 1. The van der Waals surface area contributed by atoms with Crippen LogP contribution in [0.4, 0.5) is 18.9 Å². The Kier molecular flexibility index (Phi) is 5.25. The predicted octanol–water partition coefficient (Wildman–Crippen LogP) is 4.98. The van der Waals surface area contributed by atoms with Gasteiger partial charge in [0.25, 0.3) is 10.0 Å². The zero-order valence-corrected chi connectivity index (χ0v) is 17.3. The second-order valence-electron chi connectivity index (χ2n) is 7.00. The lowest BCUT2D eigenvalue weighted by molar-refractivity contribution is -0.137. The molecule has 0 atom stereocenters. The van der Waals surface area contributed by atoms with Gasteiger partial charge < -0.3 is 4.42 Å². The van der Waals surface area contributed by atoms with Crippen LogP contribution in [0.15, 0.2) is 80.8 Å². The van der Waals surface area contributed by atoms with Gasteiger partial charge in [-0.25, -0.2) is 18.2 Å². The average Bonchev–Trinajstić information content (AvgIpc) is 2.74. The first kappa shape index (κ1) is 21.6. The summed E-state index contributed by atoms with van der Waals surface area (Å²) in [4.78, 5) is 16.2. The van der Waals surface area contributed by atoms with Crippen molar-refractivity contribution in [3.8, 4) is 11.5 Å². The highest BCUT2D eigenvalue weighted by Crippen LogP contribution is 2.32. The molecule has 0 saturated carbocycles. The van der Waals surface area contributed by atoms with E-state index >= 15 is 0 Å². The quantitative estimate of drug-likeness (QED) is 0.464. The van der Waals surface area contributed by atoms with Crippen LogP contribution in [0.3, 0.4) is 0 Å². The molecule has 4 rings (SSSR count). The van der Waals surface area contributed by atoms with Crippen LogP contribution in [-0.2, 0) is 16.2 Å². The highest BCUT2D eigenvalue weighted by atomic mass is 32.2. The number of fused-ring (bicyclic) bond motifs is 1. The number of alkyl halides is 3. The predicted molar refractivity (Wildman–Crippen MR) is 113 cm³/mol. The van der Waals surface area contributed by atoms with E-state index in [0.717, 1.165) is 23.8 Å². The maximum absolute atomic E-state index is 13.0. The SMILES string of the molecule is Cc1ccc2nc(-c3ccccc3NS(=O)(=O)c3cccc(C(F)(F)F)c3)oc(=O)c2c1. The molecule has 3 aromatic carbocycles. The molecule has 1 heterocycles. The van der Waals surface area contributed by atoms with Gasteiger partial charge in [0.2, 0.25) is 5.89 Å². The third-order valence-corrected chi connectivity index (χ3v) is 6.02. The number of hydrogen-bond acceptors (Lipinski definition) is 5. The number of rotatable bonds is 4. The van der Waals surface area contributed by atoms with Gasteiger partial charge >= 0.3 is 11.8 Å². The fourth-order valence-electron chi connectivity index (χ4n) is 3.10. The number of halogens is 3. The molecule has 1 N–H and O–H groups in total. The number of sulfonamides is 1. The minimum Gasteiger partial charge on any atom is -0.403 e. The highest BCUT2D eigenvalue weighted by molar-refractivity contribution is 7.92. The summed E-state index contributed by atoms with van der Waals surface area (Å²) in [5, 5.41) is 0.274. The zero-order chi connectivity index (χ0) is 23.1. The molecule has 0 aliphatic heterocycles. The van der Waals surface area contributed by atoms with Crippen molar-refractivity contribution in [1.82, 2.24) is 4.98 Å². The van der Waals surface area contributed by atoms with E-state index in [2.05, 4.69) is 9.71 Å². The van der Waals surface area contributed by atoms with Crippen molar-refractivity contribution >= 4 is 26.6 Å². The number of nitrogens with zero attached hydrogens (tertiary/aromatic N) is 1. The molecular formula is C22H15F3N2O4S. The Bertz CT molecular complexity index is 1500. The first-order chi connectivity index (χ1) is 15.0. The van der Waals surface area contributed by atoms with Gasteiger partial charge in [-0.05, 0) is 49.4 Å². The number of aryl methyl sites for hydroxylation is 1. The highest BCUT2D eigenvalue weighted by Gasteiger charge is 2.31. The van der Waals surface area contributed by atoms with Crippen LogP contribution in [0, 0.1) is 6.92 Å². The maximum Gasteiger partial charge on any atom is 0.416 e. The molecule has 0 spiro atoms. The second-order valence-corrected chi connectivity index (χ2v) is 8.69. The summed E-state index contributed by atoms with van der Waals surface area (Å²) in [6, 6.07) is 14.4. The molecule has 0 radical (unpaired) electrons. The molecule has 32 heavy (non-hydrogen) atoms. The molecule has 6 nitrogen and oxygen atoms in total. The first-order valence-corrected chi connectivity index (χ1v) is 10.7. The fraction of sp³-hybridized carbons (Fsp3) is 0.0909. The van der Waals surface area contributed by atoms with Crippen LogP contribution in [0.2, 0.25) is 0 Å². The molecular weight excluding hydrogens is 445 g/mol. The monoisotopic (exact) mass is 460 g/mol. The topological polar surface area (TPSA) is 89.3 Å². The summed E-state index contributed by atoms with van der Waals surface area (Å²) in [5.74, 6) is -0.131. The van der Waals surface area contributed by atoms with Crippen LogP contribution in [0.1, 0.15) is 11.1 Å². The van der Waals surface area contributed by atoms with E-state index in [4.69, 9.17) is 4.42 Å². The average molecular weight is 460 g/mol. The summed E-state index contributed by atoms with van der Waals surface area (Å²) >= 11 is 0. The van der Waals surface area contributed by atoms with Crippen molar-refractivity contribution in [3.63, 3.8) is 0 Å². The Balaban J connectivity index is 1.78. The van der Waals surface area contributed by atoms with Gasteiger partial charge in [0.15, 0.2) is 0 Å². The molecule has 0 aliphatic carbocycles. The van der Waals surface area contributed by atoms with E-state index in [-0.39, 0.29) is 22.5 Å². The van der Waals surface area contributed by atoms with E-state index in [0.29, 0.717) is 11.6 Å². The van der Waals surface area contributed by atoms with E-state index in [1.807, 2.05) is 6.92 Å². The third kappa shape index (κ3) is 4.22. The standard InChI is InChI=1S/C22H15F3N2O4S/c1-13-9-10-18-17(11-13)21(28)31-20(26-18)16-7-2-3-8-19(16)27-32(29,30)15-6-4-5-14(12-15)22(23,24)25/h2-12,27H,1H3. The lowest BCUT2D eigenvalue weighted by Crippen LogP contribution is -2.15. The number of aromatic nitrogens is 1. The van der Waals surface area contributed by atoms with Gasteiger partial charge in [-0.3, -0.25) is 4.72 Å². The number of para-hydroxylation sites is 1. The normalized spacial score (nSPS) is 12.1. The second kappa shape index (κ2) is 7.79. The molecule has 0 bridgehead atoms. The number of benzene rings is 3. The van der Waals surface area contributed by atoms with Crippen molar-refractivity contribution in [2.75, 3.05) is 4.72 Å². The molecule has 164 valence electrons. The summed E-state index contributed by atoms with van der Waals surface area (Å²) in [7, 11) is -4.38. The number of hydrogen-bond donors (Lipinski definition) is 1. The molecule has 1 aromatic heterocycles. The molecule has 4 aromatic rings. The molecule has 10 heteroatoms. The van der Waals surface area contributed by atoms with E-state index < -0.39 is 32.3 Å². The van der Waals surface area contributed by atoms with Crippen LogP contribution in [-0.4, -0.2) is 13.4 Å². The van der Waals surface area contributed by atoms with Crippen LogP contribution in [0.25, 0.3) is 22.4 Å². The Morgan fingerprint density at radius 2 is 1.72 bits per heavy atom. The zero-order valence-electron chi connectivity index (χ0n) is 16.5. The van der Waals surface area contributed by atoms with Crippen LogP contribution < -0.4 is 10.3 Å². The van der Waals surface area contributed by atoms with Crippen molar-refractivity contribution in [3.05, 3.63) is 88.3 Å². The summed E-state index contributed by atoms with van der Waals surface area (Å²) in [6.45, 7) is 1.81. The van der Waals surface area contributed by atoms with E-state index in [1.54, 1.807) is 24.3 Å². The van der Waals surface area contributed by atoms with Crippen molar-refractivity contribution in [2.24, 2.45) is 0 Å². The summed E-state index contributed by atoms with van der Waals surface area (Å²) < 4.78 is 72.1. The summed E-state index contributed by atoms with van der Waals surface area (Å²) in [5.41, 5.74) is -0.393. The Morgan fingerprint density at radius 1 is 0.969 bits per heavy atom. The fourth-order valence-corrected chi connectivity index (χ4v) is 4.23. The Morgan fingerprint density at radius 3 is 2.47 bits per heavy atom. The first-order valence-electron chi connectivity index (χ1n) is 9.25. The molecule has 0 aliphatic rings. The number of anilines is 1. The summed E-state index contributed by atoms with van der Waals surface area (Å²) in [6.07, 6.45) is -4.69. The van der Waals surface area contributed by atoms with Gasteiger partial charge in [0, 0.05) is 0 Å². The molecule has 0 unspecified atom stereocenters. The smallest absolute Gasteiger partial charge is 0.403 e. The molecule has 0 saturated heterocycles. The maximum atomic E-state index is 13.0. The van der Waals surface area contributed by atoms with Gasteiger partial charge in [-0.2, -0.15) is 13.2 Å². The van der Waals surface area contributed by atoms with Gasteiger partial charge in [-0.15, -0.1) is 0 Å². The lowest BCUT2D eigenvalue weighted by Gasteiger charge is -2.13. The Hall–Kier alpha value is -3.66. The molecule has 0 fully saturated rings. The Labute approximate surface area is 180 Å². The minimum absolute atomic E-state index is 0.00739. The largest absolute Gasteiger partial charge is 0.416 e. The van der Waals surface area contributed by atoms with Crippen LogP contribution in [0.5, 0.6) is 0 Å². The van der Waals surface area contributed by atoms with Crippen molar-refractivity contribution in [2.45, 2.75) is 18.0 Å².